The van der Waals surface area contributed by atoms with E-state index in [4.69, 9.17) is 5.73 Å². The molecule has 0 fully saturated rings. The molecule has 4 aromatic rings. The van der Waals surface area contributed by atoms with Crippen LogP contribution in [0.4, 0.5) is 0 Å². The molecule has 0 spiro atoms. The van der Waals surface area contributed by atoms with Crippen LogP contribution >= 0.6 is 0 Å². The summed E-state index contributed by atoms with van der Waals surface area (Å²) in [4.78, 5) is 0.351. The van der Waals surface area contributed by atoms with Crippen LogP contribution in [0.2, 0.25) is 0 Å². The van der Waals surface area contributed by atoms with Crippen molar-refractivity contribution in [1.29, 1.82) is 0 Å². The average molecular weight is 658 g/mol. The fraction of sp³-hybridized carbons (Fsp3) is 0.314. The molecule has 0 aliphatic heterocycles. The summed E-state index contributed by atoms with van der Waals surface area (Å²) in [5.41, 5.74) is 18.6. The third kappa shape index (κ3) is 7.81. The molecule has 4 rings (SSSR count). The standard InChI is InChI=1S/C25H30N2O2S.C10H14.Ru/c1-16-17(2)19(4)25(20(5)18(16)3)30(28,29)27-24(22-14-10-7-11-15-22)23(26)21-12-8-6-9-13-21;1-7-5-6-8(2)10(4)9(7)3;/h6-15,23-24,27H,26H2,1-5H3;5-6H,1-4H3;/t23-,24-;;/m0../s1. The normalized spacial score (nSPS) is 12.5. The Labute approximate surface area is 260 Å². The largest absolute Gasteiger partial charge is 0.322 e. The zero-order valence-electron chi connectivity index (χ0n) is 25.7. The minimum atomic E-state index is -3.81. The molecule has 0 radical (unpaired) electrons. The maximum Gasteiger partial charge on any atom is 0.241 e. The van der Waals surface area contributed by atoms with Crippen molar-refractivity contribution in [1.82, 2.24) is 4.72 Å². The first kappa shape index (κ1) is 34.6. The molecule has 2 atom stereocenters. The first-order valence-electron chi connectivity index (χ1n) is 13.8. The molecule has 41 heavy (non-hydrogen) atoms. The van der Waals surface area contributed by atoms with E-state index in [2.05, 4.69) is 44.5 Å². The zero-order chi connectivity index (χ0) is 29.8. The van der Waals surface area contributed by atoms with E-state index in [-0.39, 0.29) is 19.5 Å². The van der Waals surface area contributed by atoms with E-state index >= 15 is 0 Å². The Bertz CT molecular complexity index is 1530. The van der Waals surface area contributed by atoms with Crippen molar-refractivity contribution in [3.05, 3.63) is 134 Å². The van der Waals surface area contributed by atoms with Gasteiger partial charge in [0, 0.05) is 19.5 Å². The zero-order valence-corrected chi connectivity index (χ0v) is 28.3. The smallest absolute Gasteiger partial charge is 0.241 e. The second-order valence-electron chi connectivity index (χ2n) is 10.8. The first-order valence-corrected chi connectivity index (χ1v) is 15.2. The van der Waals surface area contributed by atoms with E-state index < -0.39 is 22.1 Å². The minimum Gasteiger partial charge on any atom is -0.322 e. The van der Waals surface area contributed by atoms with Crippen LogP contribution in [0.25, 0.3) is 0 Å². The third-order valence-electron chi connectivity index (χ3n) is 8.51. The molecule has 0 saturated heterocycles. The van der Waals surface area contributed by atoms with Crippen LogP contribution in [0.15, 0.2) is 77.7 Å². The van der Waals surface area contributed by atoms with Crippen LogP contribution < -0.4 is 10.5 Å². The van der Waals surface area contributed by atoms with E-state index in [1.165, 1.54) is 22.3 Å². The summed E-state index contributed by atoms with van der Waals surface area (Å²) in [7, 11) is -3.81. The molecule has 0 heterocycles. The average Bonchev–Trinajstić information content (AvgIpc) is 2.95. The Morgan fingerprint density at radius 1 is 0.537 bits per heavy atom. The summed E-state index contributed by atoms with van der Waals surface area (Å²) >= 11 is 0. The van der Waals surface area contributed by atoms with Crippen LogP contribution in [-0.2, 0) is 29.5 Å². The molecule has 3 N–H and O–H groups in total. The molecule has 0 saturated carbocycles. The minimum absolute atomic E-state index is 0. The van der Waals surface area contributed by atoms with Crippen molar-refractivity contribution in [2.75, 3.05) is 0 Å². The van der Waals surface area contributed by atoms with Gasteiger partial charge in [0.15, 0.2) is 0 Å². The molecular formula is C35H44N2O2RuS. The fourth-order valence-electron chi connectivity index (χ4n) is 5.06. The van der Waals surface area contributed by atoms with Crippen molar-refractivity contribution in [3.8, 4) is 0 Å². The number of sulfonamides is 1. The first-order chi connectivity index (χ1) is 18.8. The Hall–Kier alpha value is -2.63. The van der Waals surface area contributed by atoms with Gasteiger partial charge in [0.2, 0.25) is 10.0 Å². The van der Waals surface area contributed by atoms with Gasteiger partial charge in [-0.25, -0.2) is 13.1 Å². The van der Waals surface area contributed by atoms with Crippen LogP contribution in [0, 0.1) is 62.3 Å². The van der Waals surface area contributed by atoms with Gasteiger partial charge in [-0.05, 0) is 124 Å². The van der Waals surface area contributed by atoms with Gasteiger partial charge >= 0.3 is 0 Å². The molecule has 220 valence electrons. The number of nitrogens with two attached hydrogens (primary N) is 1. The molecule has 0 aromatic heterocycles. The fourth-order valence-corrected chi connectivity index (χ4v) is 6.91. The van der Waals surface area contributed by atoms with Gasteiger partial charge in [0.05, 0.1) is 17.0 Å². The second kappa shape index (κ2) is 14.5. The van der Waals surface area contributed by atoms with Crippen molar-refractivity contribution >= 4 is 10.0 Å². The molecular weight excluding hydrogens is 614 g/mol. The van der Waals surface area contributed by atoms with Gasteiger partial charge in [0.1, 0.15) is 0 Å². The van der Waals surface area contributed by atoms with Crippen molar-refractivity contribution < 1.29 is 27.9 Å². The van der Waals surface area contributed by atoms with Crippen LogP contribution in [-0.4, -0.2) is 8.42 Å². The van der Waals surface area contributed by atoms with Crippen LogP contribution in [0.3, 0.4) is 0 Å². The number of nitrogens with one attached hydrogen (secondary N) is 1. The molecule has 0 aliphatic rings. The van der Waals surface area contributed by atoms with Crippen LogP contribution in [0.5, 0.6) is 0 Å². The molecule has 0 amide bonds. The predicted octanol–water partition coefficient (Wildman–Crippen LogP) is 7.87. The number of rotatable bonds is 6. The Morgan fingerprint density at radius 3 is 1.32 bits per heavy atom. The van der Waals surface area contributed by atoms with E-state index in [1.54, 1.807) is 0 Å². The molecule has 0 bridgehead atoms. The summed E-state index contributed by atoms with van der Waals surface area (Å²) in [5.74, 6) is 0. The van der Waals surface area contributed by atoms with Crippen molar-refractivity contribution in [2.45, 2.75) is 79.3 Å². The Balaban J connectivity index is 0.000000452. The predicted molar refractivity (Wildman–Crippen MR) is 168 cm³/mol. The van der Waals surface area contributed by atoms with Gasteiger partial charge in [-0.1, -0.05) is 72.8 Å². The topological polar surface area (TPSA) is 72.2 Å². The van der Waals surface area contributed by atoms with Crippen molar-refractivity contribution in [3.63, 3.8) is 0 Å². The molecule has 0 aliphatic carbocycles. The maximum atomic E-state index is 13.6. The third-order valence-corrected chi connectivity index (χ3v) is 10.2. The van der Waals surface area contributed by atoms with Crippen molar-refractivity contribution in [2.24, 2.45) is 5.73 Å². The summed E-state index contributed by atoms with van der Waals surface area (Å²) < 4.78 is 30.2. The summed E-state index contributed by atoms with van der Waals surface area (Å²) in [6.45, 7) is 18.4. The van der Waals surface area contributed by atoms with Crippen LogP contribution in [0.1, 0.15) is 73.3 Å². The summed E-state index contributed by atoms with van der Waals surface area (Å²) in [5, 5.41) is 0. The SMILES string of the molecule is Cc1c(C)c(C)c(S(=O)(=O)N[C@@H](c2ccccc2)[C@@H](N)c2ccccc2)c(C)c1C.Cc1ccc(C)c(C)c1C.[Ru]. The number of aryl methyl sites for hydroxylation is 2. The number of hydrogen-bond acceptors (Lipinski definition) is 3. The van der Waals surface area contributed by atoms with E-state index in [1.807, 2.05) is 95.3 Å². The molecule has 4 aromatic carbocycles. The Kier molecular flexibility index (Phi) is 12.2. The van der Waals surface area contributed by atoms with Gasteiger partial charge in [-0.2, -0.15) is 0 Å². The number of benzene rings is 4. The van der Waals surface area contributed by atoms with E-state index in [0.29, 0.717) is 4.90 Å². The Morgan fingerprint density at radius 2 is 0.902 bits per heavy atom. The summed E-state index contributed by atoms with van der Waals surface area (Å²) in [6.07, 6.45) is 0. The van der Waals surface area contributed by atoms with E-state index in [9.17, 15) is 8.42 Å². The quantitative estimate of drug-likeness (QED) is 0.208. The van der Waals surface area contributed by atoms with Gasteiger partial charge in [-0.15, -0.1) is 0 Å². The summed E-state index contributed by atoms with van der Waals surface area (Å²) in [6, 6.07) is 22.3. The van der Waals surface area contributed by atoms with Gasteiger partial charge < -0.3 is 5.73 Å². The number of hydrogen-bond donors (Lipinski definition) is 2. The molecule has 0 unspecified atom stereocenters. The molecule has 4 nitrogen and oxygen atoms in total. The second-order valence-corrected chi connectivity index (χ2v) is 12.5. The monoisotopic (exact) mass is 658 g/mol. The van der Waals surface area contributed by atoms with E-state index in [0.717, 1.165) is 38.9 Å². The van der Waals surface area contributed by atoms with Gasteiger partial charge in [0.25, 0.3) is 0 Å². The maximum absolute atomic E-state index is 13.6. The van der Waals surface area contributed by atoms with Gasteiger partial charge in [-0.3, -0.25) is 0 Å². The molecule has 6 heteroatoms.